The third-order valence-corrected chi connectivity index (χ3v) is 5.16. The van der Waals surface area contributed by atoms with Gasteiger partial charge in [-0.15, -0.1) is 0 Å². The van der Waals surface area contributed by atoms with Crippen LogP contribution in [0.5, 0.6) is 11.5 Å². The van der Waals surface area contributed by atoms with Gasteiger partial charge >= 0.3 is 11.9 Å². The highest BCUT2D eigenvalue weighted by atomic mass is 16.4. The number of carbonyl (C=O) groups is 2. The number of nitrogens with zero attached hydrogens (tertiary/aromatic N) is 2. The molecular weight excluding hydrogens is 420 g/mol. The Morgan fingerprint density at radius 3 is 1.31 bits per heavy atom. The maximum atomic E-state index is 11.5. The van der Waals surface area contributed by atoms with Gasteiger partial charge in [-0.05, 0) is 12.1 Å². The Kier molecular flexibility index (Phi) is 9.41. The first-order chi connectivity index (χ1) is 15.3. The van der Waals surface area contributed by atoms with E-state index in [-0.39, 0.29) is 24.6 Å². The minimum atomic E-state index is -1.19. The molecule has 1 unspecified atom stereocenters. The largest absolute Gasteiger partial charge is 0.508 e. The van der Waals surface area contributed by atoms with Gasteiger partial charge in [0.25, 0.3) is 0 Å². The highest BCUT2D eigenvalue weighted by Crippen LogP contribution is 2.24. The molecule has 2 rings (SSSR count). The third kappa shape index (κ3) is 6.92. The fourth-order valence-corrected chi connectivity index (χ4v) is 3.62. The van der Waals surface area contributed by atoms with Crippen LogP contribution in [-0.2, 0) is 22.7 Å². The van der Waals surface area contributed by atoms with Crippen molar-refractivity contribution in [3.05, 3.63) is 59.7 Å². The second-order valence-corrected chi connectivity index (χ2v) is 7.35. The van der Waals surface area contributed by atoms with Gasteiger partial charge in [0, 0.05) is 24.2 Å². The first kappa shape index (κ1) is 25.1. The lowest BCUT2D eigenvalue weighted by molar-refractivity contribution is -0.143. The van der Waals surface area contributed by atoms with Crippen LogP contribution in [0.3, 0.4) is 0 Å². The molecule has 0 bridgehead atoms. The molecule has 0 aliphatic heterocycles. The Balaban J connectivity index is 2.39. The van der Waals surface area contributed by atoms with Crippen LogP contribution in [0.25, 0.3) is 0 Å². The number of rotatable bonds is 13. The van der Waals surface area contributed by atoms with Gasteiger partial charge in [0.2, 0.25) is 0 Å². The Morgan fingerprint density at radius 1 is 0.688 bits per heavy atom. The van der Waals surface area contributed by atoms with Gasteiger partial charge in [-0.25, -0.2) is 0 Å². The van der Waals surface area contributed by atoms with Gasteiger partial charge in [0.15, 0.2) is 0 Å². The van der Waals surface area contributed by atoms with Crippen LogP contribution in [0.4, 0.5) is 0 Å². The summed E-state index contributed by atoms with van der Waals surface area (Å²) < 4.78 is 0. The van der Waals surface area contributed by atoms with Gasteiger partial charge in [0.1, 0.15) is 11.5 Å². The average Bonchev–Trinajstić information content (AvgIpc) is 2.73. The second kappa shape index (κ2) is 12.0. The van der Waals surface area contributed by atoms with Gasteiger partial charge in [0.05, 0.1) is 38.4 Å². The summed E-state index contributed by atoms with van der Waals surface area (Å²) >= 11 is 0. The third-order valence-electron chi connectivity index (χ3n) is 5.16. The maximum Gasteiger partial charge on any atom is 0.317 e. The van der Waals surface area contributed by atoms with E-state index >= 15 is 0 Å². The highest BCUT2D eigenvalue weighted by molar-refractivity contribution is 5.69. The zero-order valence-corrected chi connectivity index (χ0v) is 17.4. The summed E-state index contributed by atoms with van der Waals surface area (Å²) in [5, 5.41) is 59.2. The number of aromatic hydroxyl groups is 2. The summed E-state index contributed by atoms with van der Waals surface area (Å²) in [4.78, 5) is 25.7. The van der Waals surface area contributed by atoms with Crippen molar-refractivity contribution in [1.29, 1.82) is 0 Å². The standard InChI is InChI=1S/C22H28N2O8/c25-13-17(23(11-21(29)30)9-15-5-1-3-7-19(15)27)18(14-26)24(12-22(31)32)10-16-6-2-4-8-20(16)28/h1-8,17-18,25-28H,9-14H2,(H,29,30)(H,31,32)/t17-,18?/m1/s1. The Labute approximate surface area is 185 Å². The second-order valence-electron chi connectivity index (χ2n) is 7.35. The lowest BCUT2D eigenvalue weighted by Crippen LogP contribution is -2.56. The number of phenolic OH excluding ortho intramolecular Hbond substituents is 2. The number of phenols is 2. The molecule has 0 aromatic heterocycles. The Morgan fingerprint density at radius 2 is 1.03 bits per heavy atom. The molecule has 0 amide bonds. The van der Waals surface area contributed by atoms with Crippen LogP contribution < -0.4 is 0 Å². The molecule has 0 saturated heterocycles. The number of benzene rings is 2. The number of aliphatic hydroxyl groups is 2. The molecule has 174 valence electrons. The lowest BCUT2D eigenvalue weighted by atomic mass is 10.0. The number of hydrogen-bond donors (Lipinski definition) is 6. The van der Waals surface area contributed by atoms with Crippen molar-refractivity contribution in [3.63, 3.8) is 0 Å². The first-order valence-corrected chi connectivity index (χ1v) is 9.94. The van der Waals surface area contributed by atoms with E-state index in [1.165, 1.54) is 21.9 Å². The minimum Gasteiger partial charge on any atom is -0.508 e. The van der Waals surface area contributed by atoms with E-state index in [0.29, 0.717) is 11.1 Å². The summed E-state index contributed by atoms with van der Waals surface area (Å²) in [6, 6.07) is 10.7. The summed E-state index contributed by atoms with van der Waals surface area (Å²) in [6.45, 7) is -2.32. The van der Waals surface area contributed by atoms with Crippen molar-refractivity contribution >= 4 is 11.9 Å². The molecule has 0 radical (unpaired) electrons. The average molecular weight is 448 g/mol. The molecule has 0 spiro atoms. The van der Waals surface area contributed by atoms with Gasteiger partial charge in [-0.1, -0.05) is 36.4 Å². The van der Waals surface area contributed by atoms with Crippen molar-refractivity contribution in [3.8, 4) is 11.5 Å². The van der Waals surface area contributed by atoms with E-state index in [0.717, 1.165) is 0 Å². The van der Waals surface area contributed by atoms with Gasteiger partial charge in [-0.2, -0.15) is 0 Å². The predicted octanol–water partition coefficient (Wildman–Crippen LogP) is 0.293. The molecule has 0 heterocycles. The number of hydrogen-bond acceptors (Lipinski definition) is 8. The molecule has 6 N–H and O–H groups in total. The summed E-state index contributed by atoms with van der Waals surface area (Å²) in [6.07, 6.45) is 0. The Bertz CT molecular complexity index is 834. The normalized spacial score (nSPS) is 13.2. The first-order valence-electron chi connectivity index (χ1n) is 9.94. The van der Waals surface area contributed by atoms with E-state index in [1.54, 1.807) is 36.4 Å². The smallest absolute Gasteiger partial charge is 0.317 e. The van der Waals surface area contributed by atoms with Crippen LogP contribution in [-0.4, -0.2) is 90.8 Å². The molecule has 0 aliphatic carbocycles. The molecule has 32 heavy (non-hydrogen) atoms. The number of carboxylic acids is 2. The molecule has 10 nitrogen and oxygen atoms in total. The molecule has 0 saturated carbocycles. The number of aliphatic carboxylic acids is 2. The lowest BCUT2D eigenvalue weighted by Gasteiger charge is -2.40. The number of carboxylic acid groups (broad SMARTS) is 2. The van der Waals surface area contributed by atoms with Gasteiger partial charge < -0.3 is 30.6 Å². The van der Waals surface area contributed by atoms with Gasteiger partial charge in [-0.3, -0.25) is 19.4 Å². The van der Waals surface area contributed by atoms with Crippen LogP contribution in [0.15, 0.2) is 48.5 Å². The molecular formula is C22H28N2O8. The summed E-state index contributed by atoms with van der Waals surface area (Å²) in [5.74, 6) is -2.50. The maximum absolute atomic E-state index is 11.5. The van der Waals surface area contributed by atoms with Crippen molar-refractivity contribution in [2.24, 2.45) is 0 Å². The topological polar surface area (TPSA) is 162 Å². The number of aliphatic hydroxyl groups excluding tert-OH is 2. The van der Waals surface area contributed by atoms with E-state index in [4.69, 9.17) is 0 Å². The predicted molar refractivity (Wildman–Crippen MR) is 114 cm³/mol. The molecule has 0 aliphatic rings. The molecule has 2 atom stereocenters. The van der Waals surface area contributed by atoms with E-state index in [1.807, 2.05) is 0 Å². The van der Waals surface area contributed by atoms with Crippen molar-refractivity contribution in [2.75, 3.05) is 26.3 Å². The fourth-order valence-electron chi connectivity index (χ4n) is 3.62. The molecule has 0 fully saturated rings. The van der Waals surface area contributed by atoms with Crippen molar-refractivity contribution in [2.45, 2.75) is 25.2 Å². The quantitative estimate of drug-likeness (QED) is 0.251. The fraction of sp³-hybridized carbons (Fsp3) is 0.364. The molecule has 2 aromatic rings. The van der Waals surface area contributed by atoms with Crippen molar-refractivity contribution < 1.29 is 40.2 Å². The van der Waals surface area contributed by atoms with Crippen LogP contribution in [0.2, 0.25) is 0 Å². The van der Waals surface area contributed by atoms with Crippen LogP contribution >= 0.6 is 0 Å². The number of para-hydroxylation sites is 2. The SMILES string of the molecule is O=C(O)CN(Cc1ccccc1O)C(CO)[C@@H](CO)N(CC(=O)O)Cc1ccccc1O. The van der Waals surface area contributed by atoms with Crippen LogP contribution in [0, 0.1) is 0 Å². The van der Waals surface area contributed by atoms with E-state index in [2.05, 4.69) is 0 Å². The van der Waals surface area contributed by atoms with E-state index < -0.39 is 50.3 Å². The Hall–Kier alpha value is -3.18. The highest BCUT2D eigenvalue weighted by Gasteiger charge is 2.34. The van der Waals surface area contributed by atoms with E-state index in [9.17, 15) is 40.2 Å². The van der Waals surface area contributed by atoms with Crippen LogP contribution in [0.1, 0.15) is 11.1 Å². The molecule has 2 aromatic carbocycles. The van der Waals surface area contributed by atoms with Crippen molar-refractivity contribution in [1.82, 2.24) is 9.80 Å². The zero-order valence-electron chi connectivity index (χ0n) is 17.4. The zero-order chi connectivity index (χ0) is 23.7. The summed E-state index contributed by atoms with van der Waals surface area (Å²) in [5.41, 5.74) is 0.823. The molecule has 10 heteroatoms. The monoisotopic (exact) mass is 448 g/mol. The summed E-state index contributed by atoms with van der Waals surface area (Å²) in [7, 11) is 0. The minimum absolute atomic E-state index is 0.0573.